The fourth-order valence-corrected chi connectivity index (χ4v) is 6.07. The molecule has 2 fully saturated rings. The number of benzene rings is 3. The zero-order valence-corrected chi connectivity index (χ0v) is 22.0. The van der Waals surface area contributed by atoms with E-state index in [1.54, 1.807) is 6.07 Å². The molecule has 0 unspecified atom stereocenters. The molecule has 1 heterocycles. The average Bonchev–Trinajstić information content (AvgIpc) is 2.94. The SMILES string of the molecule is C[C@H]1CC[C@](c2cccc(NC(=O)c3cccc(C(F)(F)F)c3F)c2)(N2CCN(c3ccccc3)CC2)CC1. The topological polar surface area (TPSA) is 35.6 Å². The lowest BCUT2D eigenvalue weighted by Gasteiger charge is -2.51. The number of rotatable bonds is 5. The van der Waals surface area contributed by atoms with Crippen molar-refractivity contribution in [1.82, 2.24) is 4.90 Å². The largest absolute Gasteiger partial charge is 0.419 e. The van der Waals surface area contributed by atoms with E-state index in [0.29, 0.717) is 17.7 Å². The highest BCUT2D eigenvalue weighted by Gasteiger charge is 2.42. The molecule has 206 valence electrons. The zero-order chi connectivity index (χ0) is 27.6. The van der Waals surface area contributed by atoms with Crippen molar-refractivity contribution in [3.05, 3.63) is 95.3 Å². The van der Waals surface area contributed by atoms with Crippen molar-refractivity contribution in [3.8, 4) is 0 Å². The standard InChI is InChI=1S/C31H33F4N3O/c1-22-13-15-30(16-14-22,38-19-17-37(18-20-38)25-9-3-2-4-10-25)23-7-5-8-24(21-23)36-29(39)26-11-6-12-27(28(26)32)31(33,34)35/h2-12,21-22H,13-20H2,1H3,(H,36,39)/t22-,30-. The summed E-state index contributed by atoms with van der Waals surface area (Å²) in [5.41, 5.74) is 0.453. The molecule has 2 aliphatic rings. The van der Waals surface area contributed by atoms with Crippen molar-refractivity contribution in [3.63, 3.8) is 0 Å². The molecule has 1 saturated carbocycles. The average molecular weight is 540 g/mol. The fraction of sp³-hybridized carbons (Fsp3) is 0.387. The van der Waals surface area contributed by atoms with Crippen molar-refractivity contribution < 1.29 is 22.4 Å². The first kappa shape index (κ1) is 27.2. The molecule has 8 heteroatoms. The lowest BCUT2D eigenvalue weighted by Crippen LogP contribution is -2.56. The van der Waals surface area contributed by atoms with Gasteiger partial charge in [0.2, 0.25) is 0 Å². The molecule has 39 heavy (non-hydrogen) atoms. The van der Waals surface area contributed by atoms with Crippen molar-refractivity contribution >= 4 is 17.3 Å². The molecule has 0 radical (unpaired) electrons. The predicted octanol–water partition coefficient (Wildman–Crippen LogP) is 7.32. The van der Waals surface area contributed by atoms with Gasteiger partial charge in [-0.25, -0.2) is 4.39 Å². The van der Waals surface area contributed by atoms with Crippen LogP contribution < -0.4 is 10.2 Å². The third-order valence-electron chi connectivity index (χ3n) is 8.31. The van der Waals surface area contributed by atoms with Crippen LogP contribution in [0.2, 0.25) is 0 Å². The van der Waals surface area contributed by atoms with Crippen LogP contribution >= 0.6 is 0 Å². The van der Waals surface area contributed by atoms with E-state index in [-0.39, 0.29) is 5.54 Å². The summed E-state index contributed by atoms with van der Waals surface area (Å²) >= 11 is 0. The van der Waals surface area contributed by atoms with Crippen LogP contribution in [0.3, 0.4) is 0 Å². The van der Waals surface area contributed by atoms with Gasteiger partial charge in [-0.1, -0.05) is 43.3 Å². The van der Waals surface area contributed by atoms with Crippen LogP contribution in [0, 0.1) is 11.7 Å². The summed E-state index contributed by atoms with van der Waals surface area (Å²) < 4.78 is 54.1. The van der Waals surface area contributed by atoms with Crippen molar-refractivity contribution in [2.24, 2.45) is 5.92 Å². The van der Waals surface area contributed by atoms with Gasteiger partial charge in [0.05, 0.1) is 11.1 Å². The van der Waals surface area contributed by atoms with E-state index < -0.39 is 29.0 Å². The Morgan fingerprint density at radius 3 is 2.23 bits per heavy atom. The molecule has 1 aliphatic heterocycles. The van der Waals surface area contributed by atoms with Gasteiger partial charge in [0, 0.05) is 43.1 Å². The first-order chi connectivity index (χ1) is 18.7. The molecule has 0 aromatic heterocycles. The van der Waals surface area contributed by atoms with Crippen LogP contribution in [-0.2, 0) is 11.7 Å². The maximum absolute atomic E-state index is 14.6. The maximum Gasteiger partial charge on any atom is 0.419 e. The number of amides is 1. The maximum atomic E-state index is 14.6. The number of carbonyl (C=O) groups excluding carboxylic acids is 1. The minimum absolute atomic E-state index is 0.197. The van der Waals surface area contributed by atoms with E-state index in [4.69, 9.17) is 0 Å². The van der Waals surface area contributed by atoms with Crippen LogP contribution in [0.5, 0.6) is 0 Å². The molecule has 0 atom stereocenters. The molecule has 5 rings (SSSR count). The Balaban J connectivity index is 1.38. The number of anilines is 2. The lowest BCUT2D eigenvalue weighted by atomic mass is 9.71. The summed E-state index contributed by atoms with van der Waals surface area (Å²) in [5.74, 6) is -1.83. The third kappa shape index (κ3) is 5.66. The zero-order valence-electron chi connectivity index (χ0n) is 22.0. The highest BCUT2D eigenvalue weighted by atomic mass is 19.4. The Morgan fingerprint density at radius 1 is 0.897 bits per heavy atom. The molecule has 1 N–H and O–H groups in total. The van der Waals surface area contributed by atoms with Gasteiger partial charge in [-0.3, -0.25) is 9.69 Å². The van der Waals surface area contributed by atoms with Gasteiger partial charge in [-0.2, -0.15) is 13.2 Å². The summed E-state index contributed by atoms with van der Waals surface area (Å²) in [5, 5.41) is 2.64. The molecule has 0 spiro atoms. The van der Waals surface area contributed by atoms with Crippen LogP contribution in [0.25, 0.3) is 0 Å². The molecular formula is C31H33F4N3O. The van der Waals surface area contributed by atoms with E-state index in [1.807, 2.05) is 18.2 Å². The predicted molar refractivity (Wildman–Crippen MR) is 145 cm³/mol. The Kier molecular flexibility index (Phi) is 7.67. The third-order valence-corrected chi connectivity index (χ3v) is 8.31. The Hall–Kier alpha value is -3.39. The van der Waals surface area contributed by atoms with Gasteiger partial charge in [0.1, 0.15) is 5.82 Å². The molecule has 1 saturated heterocycles. The van der Waals surface area contributed by atoms with E-state index in [1.165, 1.54) is 5.69 Å². The van der Waals surface area contributed by atoms with Crippen LogP contribution in [-0.4, -0.2) is 37.0 Å². The summed E-state index contributed by atoms with van der Waals surface area (Å²) in [6, 6.07) is 20.7. The number of carbonyl (C=O) groups is 1. The summed E-state index contributed by atoms with van der Waals surface area (Å²) in [7, 11) is 0. The van der Waals surface area contributed by atoms with E-state index in [9.17, 15) is 22.4 Å². The monoisotopic (exact) mass is 539 g/mol. The number of alkyl halides is 3. The van der Waals surface area contributed by atoms with Crippen LogP contribution in [0.4, 0.5) is 28.9 Å². The van der Waals surface area contributed by atoms with Crippen molar-refractivity contribution in [2.45, 2.75) is 44.3 Å². The Morgan fingerprint density at radius 2 is 1.56 bits per heavy atom. The highest BCUT2D eigenvalue weighted by Crippen LogP contribution is 2.45. The van der Waals surface area contributed by atoms with E-state index in [0.717, 1.165) is 69.6 Å². The minimum atomic E-state index is -4.88. The lowest BCUT2D eigenvalue weighted by molar-refractivity contribution is -0.140. The van der Waals surface area contributed by atoms with Crippen LogP contribution in [0.15, 0.2) is 72.8 Å². The molecule has 0 bridgehead atoms. The number of halogens is 4. The van der Waals surface area contributed by atoms with Gasteiger partial charge in [0.25, 0.3) is 5.91 Å². The molecule has 3 aromatic carbocycles. The normalized spacial score (nSPS) is 22.5. The molecular weight excluding hydrogens is 506 g/mol. The van der Waals surface area contributed by atoms with Gasteiger partial charge >= 0.3 is 6.18 Å². The Labute approximate surface area is 226 Å². The number of para-hydroxylation sites is 1. The summed E-state index contributed by atoms with van der Waals surface area (Å²) in [6.45, 7) is 5.89. The number of piperazine rings is 1. The molecule has 1 amide bonds. The summed E-state index contributed by atoms with van der Waals surface area (Å²) in [6.07, 6.45) is -0.733. The number of hydrogen-bond donors (Lipinski definition) is 1. The quantitative estimate of drug-likeness (QED) is 0.345. The van der Waals surface area contributed by atoms with Crippen LogP contribution in [0.1, 0.15) is 54.1 Å². The highest BCUT2D eigenvalue weighted by molar-refractivity contribution is 6.04. The number of hydrogen-bond acceptors (Lipinski definition) is 3. The molecule has 3 aromatic rings. The first-order valence-electron chi connectivity index (χ1n) is 13.5. The van der Waals surface area contributed by atoms with Gasteiger partial charge < -0.3 is 10.2 Å². The van der Waals surface area contributed by atoms with Crippen molar-refractivity contribution in [2.75, 3.05) is 36.4 Å². The second-order valence-electron chi connectivity index (χ2n) is 10.7. The first-order valence-corrected chi connectivity index (χ1v) is 13.5. The minimum Gasteiger partial charge on any atom is -0.369 e. The van der Waals surface area contributed by atoms with Gasteiger partial charge in [-0.05, 0) is 73.6 Å². The fourth-order valence-electron chi connectivity index (χ4n) is 6.07. The molecule has 4 nitrogen and oxygen atoms in total. The second kappa shape index (κ2) is 11.0. The van der Waals surface area contributed by atoms with E-state index in [2.05, 4.69) is 52.4 Å². The number of nitrogens with one attached hydrogen (secondary N) is 1. The molecule has 1 aliphatic carbocycles. The van der Waals surface area contributed by atoms with Gasteiger partial charge in [-0.15, -0.1) is 0 Å². The summed E-state index contributed by atoms with van der Waals surface area (Å²) in [4.78, 5) is 17.8. The number of nitrogens with zero attached hydrogens (tertiary/aromatic N) is 2. The second-order valence-corrected chi connectivity index (χ2v) is 10.7. The Bertz CT molecular complexity index is 1290. The van der Waals surface area contributed by atoms with Crippen molar-refractivity contribution in [1.29, 1.82) is 0 Å². The van der Waals surface area contributed by atoms with E-state index >= 15 is 0 Å². The van der Waals surface area contributed by atoms with Gasteiger partial charge in [0.15, 0.2) is 0 Å². The smallest absolute Gasteiger partial charge is 0.369 e.